The third-order valence-electron chi connectivity index (χ3n) is 20.8. The normalized spacial score (nSPS) is 17.3. The molecule has 2 saturated carbocycles. The molecule has 502 valence electrons. The van der Waals surface area contributed by atoms with Crippen LogP contribution >= 0.6 is 0 Å². The Morgan fingerprint density at radius 2 is 0.612 bits per heavy atom. The number of ether oxygens (including phenoxy) is 2. The second kappa shape index (κ2) is 62.9. The molecule has 2 rings (SSSR count). The Balaban J connectivity index is 1.28. The summed E-state index contributed by atoms with van der Waals surface area (Å²) in [6, 6.07) is 0. The second-order valence-corrected chi connectivity index (χ2v) is 29.0. The molecule has 0 unspecified atom stereocenters. The van der Waals surface area contributed by atoms with E-state index < -0.39 is 0 Å². The fourth-order valence-electron chi connectivity index (χ4n) is 14.6. The van der Waals surface area contributed by atoms with E-state index in [0.717, 1.165) is 62.2 Å². The molecule has 85 heavy (non-hydrogen) atoms. The summed E-state index contributed by atoms with van der Waals surface area (Å²) in [7, 11) is 1.48. The van der Waals surface area contributed by atoms with Crippen molar-refractivity contribution in [3.63, 3.8) is 0 Å². The van der Waals surface area contributed by atoms with E-state index in [1.54, 1.807) is 19.3 Å². The molecule has 0 spiro atoms. The van der Waals surface area contributed by atoms with Gasteiger partial charge >= 0.3 is 11.9 Å². The molecule has 0 amide bonds. The van der Waals surface area contributed by atoms with Crippen LogP contribution in [0.5, 0.6) is 0 Å². The van der Waals surface area contributed by atoms with E-state index in [1.807, 2.05) is 0 Å². The van der Waals surface area contributed by atoms with Crippen LogP contribution in [0.1, 0.15) is 451 Å². The number of carbonyl (C=O) groups excluding carboxylic acids is 2. The average Bonchev–Trinajstić information content (AvgIpc) is 4.60. The van der Waals surface area contributed by atoms with Gasteiger partial charge in [0.2, 0.25) is 0 Å². The summed E-state index contributed by atoms with van der Waals surface area (Å²) in [6.45, 7) is 6.09. The van der Waals surface area contributed by atoms with E-state index in [-0.39, 0.29) is 24.0 Å². The van der Waals surface area contributed by atoms with Crippen LogP contribution in [0.2, 0.25) is 0 Å². The van der Waals surface area contributed by atoms with Crippen molar-refractivity contribution in [2.45, 2.75) is 457 Å². The molecule has 4 nitrogen and oxygen atoms in total. The van der Waals surface area contributed by atoms with Crippen LogP contribution in [0.3, 0.4) is 0 Å². The fourth-order valence-corrected chi connectivity index (χ4v) is 14.6. The van der Waals surface area contributed by atoms with Gasteiger partial charge in [-0.15, -0.1) is 0 Å². The fraction of sp³-hybridized carbons (Fsp3) is 0.951. The minimum atomic E-state index is -0.366. The Kier molecular flexibility index (Phi) is 59.0. The molecule has 0 radical (unpaired) electrons. The van der Waals surface area contributed by atoms with Gasteiger partial charge in [-0.25, -0.2) is 0 Å². The molecule has 2 aliphatic rings. The van der Waals surface area contributed by atoms with Crippen molar-refractivity contribution in [1.29, 1.82) is 0 Å². The highest BCUT2D eigenvalue weighted by Gasteiger charge is 2.35. The molecule has 0 aromatic heterocycles. The van der Waals surface area contributed by atoms with Crippen LogP contribution in [0, 0.1) is 29.6 Å². The minimum absolute atomic E-state index is 0.214. The van der Waals surface area contributed by atoms with Crippen LogP contribution in [-0.4, -0.2) is 25.2 Å². The van der Waals surface area contributed by atoms with Crippen LogP contribution < -0.4 is 0 Å². The highest BCUT2D eigenvalue weighted by Crippen LogP contribution is 2.46. The summed E-state index contributed by atoms with van der Waals surface area (Å²) in [6.07, 6.45) is 98.0. The Morgan fingerprint density at radius 1 is 0.341 bits per heavy atom. The Bertz CT molecular complexity index is 1400. The monoisotopic (exact) mass is 1190 g/mol. The third-order valence-corrected chi connectivity index (χ3v) is 20.8. The molecular weight excluding hydrogens is 1040 g/mol. The maximum absolute atomic E-state index is 12.9. The first kappa shape index (κ1) is 79.8. The van der Waals surface area contributed by atoms with Crippen LogP contribution in [0.25, 0.3) is 0 Å². The molecular formula is C81H154O4. The zero-order valence-electron chi connectivity index (χ0n) is 58.6. The Hall–Kier alpha value is -1.32. The number of methoxy groups -OCH3 is 1. The van der Waals surface area contributed by atoms with Crippen molar-refractivity contribution < 1.29 is 19.1 Å². The Morgan fingerprint density at radius 3 is 0.918 bits per heavy atom. The standard InChI is InChI=1S/C81H154O4/c1-5-7-9-11-13-15-17-19-21-23-25-26-27-28-30-32-34-40-46-52-58-64-70-79(81(83)84-4)80(85-74(3)82)71-65-59-53-47-41-45-51-57-63-69-78-73-77(78)68-62-56-50-44-39-36-35-38-43-49-55-61-67-76-72-75(76)66-60-54-48-42-37-33-31-29-24-22-20-18-16-14-12-10-8-6-2/h63,69,75-80H,5-62,64-68,70-73H2,1-4H3/b69-63+/t75-,76+,77-,78+,79-,80-/m1/s1. The van der Waals surface area contributed by atoms with Gasteiger partial charge in [-0.05, 0) is 75.0 Å². The molecule has 0 aliphatic heterocycles. The maximum atomic E-state index is 12.9. The van der Waals surface area contributed by atoms with E-state index in [1.165, 1.54) is 386 Å². The van der Waals surface area contributed by atoms with Crippen molar-refractivity contribution >= 4 is 11.9 Å². The van der Waals surface area contributed by atoms with Crippen molar-refractivity contribution in [2.24, 2.45) is 29.6 Å². The predicted octanol–water partition coefficient (Wildman–Crippen LogP) is 27.9. The number of unbranched alkanes of at least 4 members (excludes halogenated alkanes) is 56. The number of hydrogen-bond donors (Lipinski definition) is 0. The first-order valence-corrected chi connectivity index (χ1v) is 39.9. The molecule has 0 aromatic carbocycles. The molecule has 0 bridgehead atoms. The smallest absolute Gasteiger partial charge is 0.312 e. The molecule has 0 aromatic rings. The van der Waals surface area contributed by atoms with Gasteiger partial charge in [-0.2, -0.15) is 0 Å². The summed E-state index contributed by atoms with van der Waals surface area (Å²) < 4.78 is 11.0. The highest BCUT2D eigenvalue weighted by atomic mass is 16.6. The van der Waals surface area contributed by atoms with E-state index in [4.69, 9.17) is 9.47 Å². The van der Waals surface area contributed by atoms with Crippen molar-refractivity contribution in [3.05, 3.63) is 12.2 Å². The summed E-state index contributed by atoms with van der Waals surface area (Å²) in [5.41, 5.74) is 0. The van der Waals surface area contributed by atoms with Crippen LogP contribution in [0.4, 0.5) is 0 Å². The van der Waals surface area contributed by atoms with E-state index in [0.29, 0.717) is 0 Å². The lowest BCUT2D eigenvalue weighted by Crippen LogP contribution is -2.33. The summed E-state index contributed by atoms with van der Waals surface area (Å²) in [5.74, 6) is 3.23. The number of allylic oxidation sites excluding steroid dienone is 2. The van der Waals surface area contributed by atoms with Gasteiger partial charge in [0.1, 0.15) is 6.10 Å². The number of carbonyl (C=O) groups is 2. The average molecular weight is 1190 g/mol. The zero-order valence-corrected chi connectivity index (χ0v) is 58.6. The lowest BCUT2D eigenvalue weighted by atomic mass is 9.91. The van der Waals surface area contributed by atoms with Crippen molar-refractivity contribution in [1.82, 2.24) is 0 Å². The maximum Gasteiger partial charge on any atom is 0.312 e. The van der Waals surface area contributed by atoms with Gasteiger partial charge in [-0.3, -0.25) is 9.59 Å². The minimum Gasteiger partial charge on any atom is -0.469 e. The highest BCUT2D eigenvalue weighted by molar-refractivity contribution is 5.74. The molecule has 2 aliphatic carbocycles. The summed E-state index contributed by atoms with van der Waals surface area (Å²) >= 11 is 0. The zero-order chi connectivity index (χ0) is 60.8. The van der Waals surface area contributed by atoms with Gasteiger partial charge in [0.25, 0.3) is 0 Å². The van der Waals surface area contributed by atoms with Gasteiger partial charge in [0.15, 0.2) is 0 Å². The summed E-state index contributed by atoms with van der Waals surface area (Å²) in [5, 5.41) is 0. The quantitative estimate of drug-likeness (QED) is 0.0346. The molecule has 6 atom stereocenters. The first-order chi connectivity index (χ1) is 42.0. The second-order valence-electron chi connectivity index (χ2n) is 29.0. The first-order valence-electron chi connectivity index (χ1n) is 39.9. The van der Waals surface area contributed by atoms with Crippen molar-refractivity contribution in [3.8, 4) is 0 Å². The van der Waals surface area contributed by atoms with E-state index in [2.05, 4.69) is 26.0 Å². The predicted molar refractivity (Wildman–Crippen MR) is 375 cm³/mol. The van der Waals surface area contributed by atoms with Gasteiger partial charge in [-0.1, -0.05) is 405 Å². The van der Waals surface area contributed by atoms with Gasteiger partial charge < -0.3 is 9.47 Å². The SMILES string of the molecule is CCCCCCCCCCCCCCCCCCCCCCCC[C@@H](C(=O)OC)[C@@H](CCCCCCCCC/C=C/[C@H]1C[C@H]1CCCCCCCCCCCCCC[C@H]1C[C@H]1CCCCCCCCCCCCCCCCCCCC)OC(C)=O. The van der Waals surface area contributed by atoms with Crippen LogP contribution in [-0.2, 0) is 19.1 Å². The molecule has 0 N–H and O–H groups in total. The lowest BCUT2D eigenvalue weighted by Gasteiger charge is -2.25. The van der Waals surface area contributed by atoms with Crippen LogP contribution in [0.15, 0.2) is 12.2 Å². The number of rotatable bonds is 71. The molecule has 0 saturated heterocycles. The van der Waals surface area contributed by atoms with E-state index >= 15 is 0 Å². The number of esters is 2. The molecule has 2 fully saturated rings. The van der Waals surface area contributed by atoms with Gasteiger partial charge in [0.05, 0.1) is 13.0 Å². The number of hydrogen-bond acceptors (Lipinski definition) is 4. The largest absolute Gasteiger partial charge is 0.469 e. The third kappa shape index (κ3) is 54.2. The van der Waals surface area contributed by atoms with Gasteiger partial charge in [0, 0.05) is 6.92 Å². The summed E-state index contributed by atoms with van der Waals surface area (Å²) in [4.78, 5) is 25.0. The molecule has 4 heteroatoms. The Labute approximate surface area is 534 Å². The van der Waals surface area contributed by atoms with E-state index in [9.17, 15) is 9.59 Å². The van der Waals surface area contributed by atoms with Crippen molar-refractivity contribution in [2.75, 3.05) is 7.11 Å². The molecule has 0 heterocycles. The lowest BCUT2D eigenvalue weighted by molar-refractivity contribution is -0.160. The topological polar surface area (TPSA) is 52.6 Å².